The molecule has 1 atom stereocenters. The lowest BCUT2D eigenvalue weighted by Gasteiger charge is -2.14. The first kappa shape index (κ1) is 16.6. The lowest BCUT2D eigenvalue weighted by molar-refractivity contribution is 0.0912. The summed E-state index contributed by atoms with van der Waals surface area (Å²) in [6.07, 6.45) is 0. The van der Waals surface area contributed by atoms with Crippen LogP contribution in [0.3, 0.4) is 0 Å². The van der Waals surface area contributed by atoms with E-state index in [9.17, 15) is 9.59 Å². The van der Waals surface area contributed by atoms with Gasteiger partial charge in [0, 0.05) is 6.07 Å². The largest absolute Gasteiger partial charge is 0.451 e. The van der Waals surface area contributed by atoms with Crippen LogP contribution < -0.4 is 10.7 Å². The van der Waals surface area contributed by atoms with Crippen LogP contribution in [0.5, 0.6) is 0 Å². The molecule has 0 bridgehead atoms. The predicted octanol–water partition coefficient (Wildman–Crippen LogP) is 4.59. The number of amides is 1. The van der Waals surface area contributed by atoms with Gasteiger partial charge in [0.25, 0.3) is 5.91 Å². The number of nitrogens with one attached hydrogen (secondary N) is 1. The Kier molecular flexibility index (Phi) is 4.60. The third-order valence-electron chi connectivity index (χ3n) is 3.65. The number of para-hydroxylation sites is 1. The highest BCUT2D eigenvalue weighted by molar-refractivity contribution is 6.42. The van der Waals surface area contributed by atoms with Gasteiger partial charge in [0.2, 0.25) is 0 Å². The number of hydrogen-bond acceptors (Lipinski definition) is 3. The molecule has 122 valence electrons. The Labute approximate surface area is 148 Å². The van der Waals surface area contributed by atoms with Gasteiger partial charge in [-0.3, -0.25) is 9.59 Å². The van der Waals surface area contributed by atoms with E-state index >= 15 is 0 Å². The van der Waals surface area contributed by atoms with Gasteiger partial charge in [0.1, 0.15) is 5.58 Å². The summed E-state index contributed by atoms with van der Waals surface area (Å²) in [7, 11) is 0. The molecule has 0 saturated carbocycles. The van der Waals surface area contributed by atoms with E-state index in [0.717, 1.165) is 5.56 Å². The highest BCUT2D eigenvalue weighted by Gasteiger charge is 2.16. The van der Waals surface area contributed by atoms with Crippen molar-refractivity contribution in [1.29, 1.82) is 0 Å². The SMILES string of the molecule is CC(NC(=O)c1cc(=O)c2ccccc2o1)c1ccc(Cl)c(Cl)c1. The second kappa shape index (κ2) is 6.67. The van der Waals surface area contributed by atoms with Crippen LogP contribution in [-0.4, -0.2) is 5.91 Å². The van der Waals surface area contributed by atoms with Crippen LogP contribution in [0.1, 0.15) is 29.1 Å². The Hall–Kier alpha value is -2.30. The van der Waals surface area contributed by atoms with E-state index in [4.69, 9.17) is 27.6 Å². The highest BCUT2D eigenvalue weighted by Crippen LogP contribution is 2.25. The van der Waals surface area contributed by atoms with Crippen molar-refractivity contribution < 1.29 is 9.21 Å². The van der Waals surface area contributed by atoms with Gasteiger partial charge in [0.15, 0.2) is 11.2 Å². The molecular formula is C18H13Cl2NO3. The summed E-state index contributed by atoms with van der Waals surface area (Å²) in [5.41, 5.74) is 0.905. The lowest BCUT2D eigenvalue weighted by Crippen LogP contribution is -2.27. The molecular weight excluding hydrogens is 349 g/mol. The molecule has 0 aliphatic heterocycles. The van der Waals surface area contributed by atoms with E-state index in [1.165, 1.54) is 6.07 Å². The normalized spacial score (nSPS) is 12.1. The molecule has 0 aliphatic carbocycles. The summed E-state index contributed by atoms with van der Waals surface area (Å²) >= 11 is 11.9. The second-order valence-corrected chi connectivity index (χ2v) is 6.15. The van der Waals surface area contributed by atoms with E-state index in [1.54, 1.807) is 49.4 Å². The Morgan fingerprint density at radius 3 is 2.58 bits per heavy atom. The second-order valence-electron chi connectivity index (χ2n) is 5.34. The fourth-order valence-corrected chi connectivity index (χ4v) is 2.66. The number of hydrogen-bond donors (Lipinski definition) is 1. The van der Waals surface area contributed by atoms with Gasteiger partial charge < -0.3 is 9.73 Å². The third kappa shape index (κ3) is 3.30. The lowest BCUT2D eigenvalue weighted by atomic mass is 10.1. The molecule has 6 heteroatoms. The minimum atomic E-state index is -0.476. The van der Waals surface area contributed by atoms with Crippen LogP contribution in [0.2, 0.25) is 10.0 Å². The molecule has 24 heavy (non-hydrogen) atoms. The Bertz CT molecular complexity index is 981. The molecule has 3 aromatic rings. The van der Waals surface area contributed by atoms with Crippen molar-refractivity contribution in [3.8, 4) is 0 Å². The number of carbonyl (C=O) groups is 1. The number of carbonyl (C=O) groups excluding carboxylic acids is 1. The van der Waals surface area contributed by atoms with Crippen molar-refractivity contribution in [2.75, 3.05) is 0 Å². The van der Waals surface area contributed by atoms with Crippen molar-refractivity contribution in [1.82, 2.24) is 5.32 Å². The topological polar surface area (TPSA) is 59.3 Å². The first-order chi connectivity index (χ1) is 11.5. The molecule has 1 unspecified atom stereocenters. The number of rotatable bonds is 3. The van der Waals surface area contributed by atoms with Gasteiger partial charge in [-0.25, -0.2) is 0 Å². The minimum absolute atomic E-state index is 0.0365. The van der Waals surface area contributed by atoms with Crippen molar-refractivity contribution in [3.63, 3.8) is 0 Å². The van der Waals surface area contributed by atoms with Gasteiger partial charge >= 0.3 is 0 Å². The van der Waals surface area contributed by atoms with Crippen LogP contribution in [0.15, 0.2) is 57.7 Å². The van der Waals surface area contributed by atoms with Gasteiger partial charge in [-0.1, -0.05) is 41.4 Å². The van der Waals surface area contributed by atoms with Crippen molar-refractivity contribution in [2.45, 2.75) is 13.0 Å². The van der Waals surface area contributed by atoms with Gasteiger partial charge in [0.05, 0.1) is 21.5 Å². The molecule has 0 aliphatic rings. The monoisotopic (exact) mass is 361 g/mol. The number of benzene rings is 2. The summed E-state index contributed by atoms with van der Waals surface area (Å²) < 4.78 is 5.52. The number of halogens is 2. The Morgan fingerprint density at radius 1 is 1.08 bits per heavy atom. The zero-order chi connectivity index (χ0) is 17.3. The van der Waals surface area contributed by atoms with Crippen LogP contribution in [0.4, 0.5) is 0 Å². The van der Waals surface area contributed by atoms with Crippen LogP contribution >= 0.6 is 23.2 Å². The van der Waals surface area contributed by atoms with E-state index < -0.39 is 5.91 Å². The fourth-order valence-electron chi connectivity index (χ4n) is 2.35. The van der Waals surface area contributed by atoms with Crippen LogP contribution in [-0.2, 0) is 0 Å². The average molecular weight is 362 g/mol. The van der Waals surface area contributed by atoms with E-state index in [-0.39, 0.29) is 17.2 Å². The molecule has 0 saturated heterocycles. The maximum atomic E-state index is 12.4. The maximum absolute atomic E-state index is 12.4. The Balaban J connectivity index is 1.86. The van der Waals surface area contributed by atoms with Crippen molar-refractivity contribution >= 4 is 40.1 Å². The average Bonchev–Trinajstić information content (AvgIpc) is 2.57. The van der Waals surface area contributed by atoms with E-state index in [2.05, 4.69) is 5.32 Å². The molecule has 1 amide bonds. The van der Waals surface area contributed by atoms with Gasteiger partial charge in [-0.15, -0.1) is 0 Å². The zero-order valence-electron chi connectivity index (χ0n) is 12.7. The molecule has 0 radical (unpaired) electrons. The summed E-state index contributed by atoms with van der Waals surface area (Å²) in [6, 6.07) is 12.8. The molecule has 1 heterocycles. The van der Waals surface area contributed by atoms with Gasteiger partial charge in [-0.05, 0) is 36.8 Å². The molecule has 0 fully saturated rings. The molecule has 2 aromatic carbocycles. The quantitative estimate of drug-likeness (QED) is 0.741. The number of fused-ring (bicyclic) bond motifs is 1. The minimum Gasteiger partial charge on any atom is -0.451 e. The molecule has 0 spiro atoms. The summed E-state index contributed by atoms with van der Waals surface area (Å²) in [6.45, 7) is 1.80. The van der Waals surface area contributed by atoms with E-state index in [1.807, 2.05) is 0 Å². The first-order valence-corrected chi connectivity index (χ1v) is 8.00. The standard InChI is InChI=1S/C18H13Cl2NO3/c1-10(11-6-7-13(19)14(20)8-11)21-18(23)17-9-15(22)12-4-2-3-5-16(12)24-17/h2-10H,1H3,(H,21,23). The smallest absolute Gasteiger partial charge is 0.287 e. The molecule has 1 aromatic heterocycles. The molecule has 3 rings (SSSR count). The predicted molar refractivity (Wildman–Crippen MR) is 94.8 cm³/mol. The summed E-state index contributed by atoms with van der Waals surface area (Å²) in [4.78, 5) is 24.4. The van der Waals surface area contributed by atoms with Crippen LogP contribution in [0, 0.1) is 0 Å². The third-order valence-corrected chi connectivity index (χ3v) is 4.39. The highest BCUT2D eigenvalue weighted by atomic mass is 35.5. The first-order valence-electron chi connectivity index (χ1n) is 7.24. The summed E-state index contributed by atoms with van der Waals surface area (Å²) in [5, 5.41) is 4.07. The molecule has 4 nitrogen and oxygen atoms in total. The maximum Gasteiger partial charge on any atom is 0.287 e. The van der Waals surface area contributed by atoms with Crippen molar-refractivity contribution in [2.24, 2.45) is 0 Å². The van der Waals surface area contributed by atoms with Crippen LogP contribution in [0.25, 0.3) is 11.0 Å². The fraction of sp³-hybridized carbons (Fsp3) is 0.111. The van der Waals surface area contributed by atoms with Crippen molar-refractivity contribution in [3.05, 3.63) is 80.1 Å². The van der Waals surface area contributed by atoms with E-state index in [0.29, 0.717) is 21.0 Å². The zero-order valence-corrected chi connectivity index (χ0v) is 14.2. The van der Waals surface area contributed by atoms with Gasteiger partial charge in [-0.2, -0.15) is 0 Å². The molecule has 1 N–H and O–H groups in total. The summed E-state index contributed by atoms with van der Waals surface area (Å²) in [5.74, 6) is -0.512. The Morgan fingerprint density at radius 2 is 1.83 bits per heavy atom.